The van der Waals surface area contributed by atoms with Gasteiger partial charge in [-0.15, -0.1) is 11.3 Å². The molecule has 3 heterocycles. The SMILES string of the molecule is CC[C@@H](Sc1nc2sc(C(=O)N(C)C)c(C)c2c(=O)n1CCc1ccccc1)C(=O)N1C[C@H](C)C[C@H](C)C1. The van der Waals surface area contributed by atoms with E-state index in [0.717, 1.165) is 25.1 Å². The average molecular weight is 555 g/mol. The lowest BCUT2D eigenvalue weighted by Gasteiger charge is -2.36. The zero-order chi connectivity index (χ0) is 27.6. The Morgan fingerprint density at radius 1 is 1.16 bits per heavy atom. The smallest absolute Gasteiger partial charge is 0.263 e. The molecule has 0 radical (unpaired) electrons. The van der Waals surface area contributed by atoms with E-state index >= 15 is 0 Å². The third kappa shape index (κ3) is 5.99. The van der Waals surface area contributed by atoms with Crippen LogP contribution in [0.25, 0.3) is 10.2 Å². The number of amides is 2. The number of fused-ring (bicyclic) bond motifs is 1. The van der Waals surface area contributed by atoms with Gasteiger partial charge in [0.1, 0.15) is 4.83 Å². The molecule has 3 aromatic rings. The van der Waals surface area contributed by atoms with Crippen molar-refractivity contribution in [3.05, 3.63) is 56.7 Å². The van der Waals surface area contributed by atoms with Gasteiger partial charge >= 0.3 is 0 Å². The summed E-state index contributed by atoms with van der Waals surface area (Å²) in [7, 11) is 3.41. The maximum atomic E-state index is 13.9. The molecule has 4 rings (SSSR count). The van der Waals surface area contributed by atoms with Gasteiger partial charge in [-0.05, 0) is 49.1 Å². The highest BCUT2D eigenvalue weighted by Gasteiger charge is 2.31. The summed E-state index contributed by atoms with van der Waals surface area (Å²) in [6.45, 7) is 10.2. The highest BCUT2D eigenvalue weighted by atomic mass is 32.2. The third-order valence-corrected chi connectivity index (χ3v) is 9.67. The Morgan fingerprint density at radius 3 is 2.42 bits per heavy atom. The maximum Gasteiger partial charge on any atom is 0.263 e. The van der Waals surface area contributed by atoms with Crippen LogP contribution in [0.1, 0.15) is 54.4 Å². The molecule has 0 bridgehead atoms. The van der Waals surface area contributed by atoms with Crippen molar-refractivity contribution in [1.82, 2.24) is 19.4 Å². The Bertz CT molecular complexity index is 1360. The zero-order valence-electron chi connectivity index (χ0n) is 23.2. The number of carbonyl (C=O) groups excluding carboxylic acids is 2. The summed E-state index contributed by atoms with van der Waals surface area (Å²) in [5, 5.41) is 0.710. The number of thiophene rings is 1. The molecule has 204 valence electrons. The molecule has 3 atom stereocenters. The summed E-state index contributed by atoms with van der Waals surface area (Å²) in [6.07, 6.45) is 2.44. The number of carbonyl (C=O) groups is 2. The summed E-state index contributed by atoms with van der Waals surface area (Å²) in [5.41, 5.74) is 1.65. The van der Waals surface area contributed by atoms with Crippen LogP contribution in [0.4, 0.5) is 0 Å². The zero-order valence-corrected chi connectivity index (χ0v) is 24.8. The molecule has 7 nitrogen and oxygen atoms in total. The van der Waals surface area contributed by atoms with E-state index in [1.807, 2.05) is 49.1 Å². The van der Waals surface area contributed by atoms with E-state index < -0.39 is 0 Å². The normalized spacial score (nSPS) is 18.5. The predicted molar refractivity (Wildman–Crippen MR) is 156 cm³/mol. The van der Waals surface area contributed by atoms with Crippen molar-refractivity contribution in [2.24, 2.45) is 11.8 Å². The fraction of sp³-hybridized carbons (Fsp3) is 0.517. The number of likely N-dealkylation sites (tertiary alicyclic amines) is 1. The molecule has 38 heavy (non-hydrogen) atoms. The first-order chi connectivity index (χ1) is 18.1. The van der Waals surface area contributed by atoms with E-state index in [9.17, 15) is 14.4 Å². The first-order valence-corrected chi connectivity index (χ1v) is 15.0. The molecule has 1 fully saturated rings. The number of rotatable bonds is 8. The topological polar surface area (TPSA) is 75.5 Å². The molecule has 0 unspecified atom stereocenters. The van der Waals surface area contributed by atoms with E-state index in [-0.39, 0.29) is 22.6 Å². The van der Waals surface area contributed by atoms with E-state index in [1.54, 1.807) is 18.7 Å². The molecular weight excluding hydrogens is 516 g/mol. The molecule has 9 heteroatoms. The van der Waals surface area contributed by atoms with Crippen LogP contribution in [-0.4, -0.2) is 63.6 Å². The molecule has 2 amide bonds. The maximum absolute atomic E-state index is 13.9. The first kappa shape index (κ1) is 28.4. The highest BCUT2D eigenvalue weighted by Crippen LogP contribution is 2.33. The van der Waals surface area contributed by atoms with Gasteiger partial charge in [-0.1, -0.05) is 62.9 Å². The summed E-state index contributed by atoms with van der Waals surface area (Å²) in [6, 6.07) is 10.0. The van der Waals surface area contributed by atoms with Gasteiger partial charge < -0.3 is 9.80 Å². The van der Waals surface area contributed by atoms with Gasteiger partial charge in [0.05, 0.1) is 15.5 Å². The fourth-order valence-electron chi connectivity index (χ4n) is 5.26. The lowest BCUT2D eigenvalue weighted by atomic mass is 9.91. The van der Waals surface area contributed by atoms with Crippen molar-refractivity contribution in [1.29, 1.82) is 0 Å². The molecule has 0 aliphatic carbocycles. The van der Waals surface area contributed by atoms with Gasteiger partial charge in [-0.2, -0.15) is 0 Å². The highest BCUT2D eigenvalue weighted by molar-refractivity contribution is 8.00. The van der Waals surface area contributed by atoms with E-state index in [1.165, 1.54) is 28.0 Å². The molecule has 2 aromatic heterocycles. The Kier molecular flexibility index (Phi) is 8.98. The van der Waals surface area contributed by atoms with Crippen LogP contribution < -0.4 is 5.56 Å². The summed E-state index contributed by atoms with van der Waals surface area (Å²) >= 11 is 2.64. The number of aromatic nitrogens is 2. The van der Waals surface area contributed by atoms with Gasteiger partial charge in [-0.25, -0.2) is 4.98 Å². The Morgan fingerprint density at radius 2 is 1.82 bits per heavy atom. The average Bonchev–Trinajstić information content (AvgIpc) is 3.21. The molecular formula is C29H38N4O3S2. The van der Waals surface area contributed by atoms with Gasteiger partial charge in [0.15, 0.2) is 5.16 Å². The molecule has 1 aromatic carbocycles. The second-order valence-electron chi connectivity index (χ2n) is 10.7. The number of benzene rings is 1. The Labute approximate surface area is 233 Å². The molecule has 1 aliphatic rings. The van der Waals surface area contributed by atoms with Crippen LogP contribution in [0.15, 0.2) is 40.3 Å². The minimum absolute atomic E-state index is 0.116. The van der Waals surface area contributed by atoms with Crippen LogP contribution in [0.3, 0.4) is 0 Å². The van der Waals surface area contributed by atoms with Gasteiger partial charge in [0.25, 0.3) is 11.5 Å². The standard InChI is InChI=1S/C29H38N4O3S2/c1-7-22(26(34)32-16-18(2)15-19(3)17-32)37-29-30-25-23(20(4)24(38-25)28(36)31(5)6)27(35)33(29)14-13-21-11-9-8-10-12-21/h8-12,18-19,22H,7,13-17H2,1-6H3/t18-,19+,22-/m1/s1. The summed E-state index contributed by atoms with van der Waals surface area (Å²) in [5.74, 6) is 0.937. The van der Waals surface area contributed by atoms with Crippen LogP contribution in [0.5, 0.6) is 0 Å². The first-order valence-electron chi connectivity index (χ1n) is 13.4. The number of piperidine rings is 1. The molecule has 0 saturated carbocycles. The van der Waals surface area contributed by atoms with E-state index in [2.05, 4.69) is 13.8 Å². The minimum atomic E-state index is -0.330. The quantitative estimate of drug-likeness (QED) is 0.287. The molecule has 1 saturated heterocycles. The van der Waals surface area contributed by atoms with Crippen molar-refractivity contribution in [2.45, 2.75) is 63.9 Å². The van der Waals surface area contributed by atoms with E-state index in [4.69, 9.17) is 4.98 Å². The Hall–Kier alpha value is -2.65. The van der Waals surface area contributed by atoms with E-state index in [0.29, 0.717) is 57.0 Å². The number of hydrogen-bond donors (Lipinski definition) is 0. The fourth-order valence-corrected chi connectivity index (χ4v) is 7.63. The predicted octanol–water partition coefficient (Wildman–Crippen LogP) is 5.09. The second kappa shape index (κ2) is 12.0. The lowest BCUT2D eigenvalue weighted by molar-refractivity contribution is -0.133. The van der Waals surface area contributed by atoms with Crippen molar-refractivity contribution in [2.75, 3.05) is 27.2 Å². The Balaban J connectivity index is 1.74. The number of aryl methyl sites for hydroxylation is 2. The van der Waals surface area contributed by atoms with Crippen molar-refractivity contribution >= 4 is 45.1 Å². The number of thioether (sulfide) groups is 1. The van der Waals surface area contributed by atoms with Crippen LogP contribution in [0.2, 0.25) is 0 Å². The van der Waals surface area contributed by atoms with Crippen LogP contribution >= 0.6 is 23.1 Å². The lowest BCUT2D eigenvalue weighted by Crippen LogP contribution is -2.46. The van der Waals surface area contributed by atoms with Crippen molar-refractivity contribution in [3.8, 4) is 0 Å². The monoisotopic (exact) mass is 554 g/mol. The van der Waals surface area contributed by atoms with Crippen LogP contribution in [-0.2, 0) is 17.8 Å². The molecule has 0 N–H and O–H groups in total. The summed E-state index contributed by atoms with van der Waals surface area (Å²) < 4.78 is 1.71. The van der Waals surface area contributed by atoms with Gasteiger partial charge in [-0.3, -0.25) is 19.0 Å². The van der Waals surface area contributed by atoms with Gasteiger partial charge in [0.2, 0.25) is 5.91 Å². The summed E-state index contributed by atoms with van der Waals surface area (Å²) in [4.78, 5) is 49.9. The molecule has 1 aliphatic heterocycles. The largest absolute Gasteiger partial charge is 0.344 e. The van der Waals surface area contributed by atoms with Crippen LogP contribution in [0, 0.1) is 18.8 Å². The third-order valence-electron chi connectivity index (χ3n) is 7.16. The molecule has 0 spiro atoms. The minimum Gasteiger partial charge on any atom is -0.344 e. The number of nitrogens with zero attached hydrogens (tertiary/aromatic N) is 4. The van der Waals surface area contributed by atoms with Gasteiger partial charge in [0, 0.05) is 33.7 Å². The van der Waals surface area contributed by atoms with Crippen molar-refractivity contribution < 1.29 is 9.59 Å². The number of hydrogen-bond acceptors (Lipinski definition) is 6. The van der Waals surface area contributed by atoms with Crippen molar-refractivity contribution in [3.63, 3.8) is 0 Å². The second-order valence-corrected chi connectivity index (χ2v) is 12.9.